The number of aryl methyl sites for hydroxylation is 2. The van der Waals surface area contributed by atoms with E-state index in [4.69, 9.17) is 5.14 Å². The standard InChI is InChI=1S/C6H11N3O2S/c1-3-5-6(12(7,10)11)4(2)8-9-5/h3H2,1-2H3,(H,8,9)(H2,7,10,11). The van der Waals surface area contributed by atoms with Gasteiger partial charge in [-0.25, -0.2) is 13.6 Å². The molecule has 5 nitrogen and oxygen atoms in total. The first-order chi connectivity index (χ1) is 5.46. The summed E-state index contributed by atoms with van der Waals surface area (Å²) in [6.07, 6.45) is 0.552. The first kappa shape index (κ1) is 9.21. The summed E-state index contributed by atoms with van der Waals surface area (Å²) < 4.78 is 22.0. The van der Waals surface area contributed by atoms with E-state index in [0.29, 0.717) is 17.8 Å². The van der Waals surface area contributed by atoms with E-state index in [1.165, 1.54) is 0 Å². The van der Waals surface area contributed by atoms with E-state index in [1.54, 1.807) is 6.92 Å². The summed E-state index contributed by atoms with van der Waals surface area (Å²) in [5.41, 5.74) is 0.990. The van der Waals surface area contributed by atoms with Crippen LogP contribution in [0.5, 0.6) is 0 Å². The molecule has 3 N–H and O–H groups in total. The fourth-order valence-electron chi connectivity index (χ4n) is 1.09. The Morgan fingerprint density at radius 3 is 2.50 bits per heavy atom. The number of nitrogens with one attached hydrogen (secondary N) is 1. The third-order valence-corrected chi connectivity index (χ3v) is 2.69. The normalized spacial score (nSPS) is 11.9. The minimum absolute atomic E-state index is 0.130. The lowest BCUT2D eigenvalue weighted by Gasteiger charge is -1.96. The van der Waals surface area contributed by atoms with Gasteiger partial charge in [0.25, 0.3) is 0 Å². The molecule has 6 heteroatoms. The van der Waals surface area contributed by atoms with Crippen molar-refractivity contribution >= 4 is 10.0 Å². The second-order valence-corrected chi connectivity index (χ2v) is 4.02. The van der Waals surface area contributed by atoms with Crippen molar-refractivity contribution in [3.05, 3.63) is 11.4 Å². The van der Waals surface area contributed by atoms with E-state index in [1.807, 2.05) is 6.92 Å². The largest absolute Gasteiger partial charge is 0.281 e. The summed E-state index contributed by atoms with van der Waals surface area (Å²) in [7, 11) is -3.63. The lowest BCUT2D eigenvalue weighted by atomic mass is 10.3. The van der Waals surface area contributed by atoms with Crippen LogP contribution in [0.15, 0.2) is 4.90 Å². The Hall–Kier alpha value is -0.880. The number of sulfonamides is 1. The predicted molar refractivity (Wildman–Crippen MR) is 44.1 cm³/mol. The van der Waals surface area contributed by atoms with Crippen LogP contribution in [0.25, 0.3) is 0 Å². The Bertz CT molecular complexity index is 379. The quantitative estimate of drug-likeness (QED) is 0.682. The maximum Gasteiger partial charge on any atom is 0.241 e. The van der Waals surface area contributed by atoms with Crippen LogP contribution in [0.3, 0.4) is 0 Å². The summed E-state index contributed by atoms with van der Waals surface area (Å²) in [4.78, 5) is 0.130. The summed E-state index contributed by atoms with van der Waals surface area (Å²) in [5, 5.41) is 11.4. The molecule has 0 bridgehead atoms. The number of primary sulfonamides is 1. The van der Waals surface area contributed by atoms with Crippen LogP contribution in [0, 0.1) is 6.92 Å². The summed E-state index contributed by atoms with van der Waals surface area (Å²) in [5.74, 6) is 0. The molecular formula is C6H11N3O2S. The van der Waals surface area contributed by atoms with E-state index < -0.39 is 10.0 Å². The SMILES string of the molecule is CCc1n[nH]c(C)c1S(N)(=O)=O. The van der Waals surface area contributed by atoms with Gasteiger partial charge in [0.05, 0.1) is 11.4 Å². The Balaban J connectivity index is 3.39. The topological polar surface area (TPSA) is 88.8 Å². The van der Waals surface area contributed by atoms with Gasteiger partial charge in [0.15, 0.2) is 0 Å². The van der Waals surface area contributed by atoms with Crippen LogP contribution in [-0.2, 0) is 16.4 Å². The van der Waals surface area contributed by atoms with Gasteiger partial charge in [0.2, 0.25) is 10.0 Å². The lowest BCUT2D eigenvalue weighted by Crippen LogP contribution is -2.14. The van der Waals surface area contributed by atoms with Crippen molar-refractivity contribution in [2.45, 2.75) is 25.2 Å². The molecule has 0 amide bonds. The molecule has 0 unspecified atom stereocenters. The maximum atomic E-state index is 11.0. The van der Waals surface area contributed by atoms with Crippen LogP contribution < -0.4 is 5.14 Å². The van der Waals surface area contributed by atoms with Gasteiger partial charge in [-0.05, 0) is 13.3 Å². The van der Waals surface area contributed by atoms with E-state index in [-0.39, 0.29) is 4.90 Å². The van der Waals surface area contributed by atoms with Gasteiger partial charge in [0, 0.05) is 0 Å². The van der Waals surface area contributed by atoms with Crippen LogP contribution in [0.2, 0.25) is 0 Å². The second kappa shape index (κ2) is 2.87. The molecule has 0 aliphatic heterocycles. The van der Waals surface area contributed by atoms with E-state index >= 15 is 0 Å². The monoisotopic (exact) mass is 189 g/mol. The van der Waals surface area contributed by atoms with Gasteiger partial charge in [-0.2, -0.15) is 5.10 Å². The number of nitrogens with two attached hydrogens (primary N) is 1. The fraction of sp³-hybridized carbons (Fsp3) is 0.500. The van der Waals surface area contributed by atoms with Crippen molar-refractivity contribution < 1.29 is 8.42 Å². The Kier molecular flexibility index (Phi) is 2.20. The van der Waals surface area contributed by atoms with Crippen molar-refractivity contribution in [1.29, 1.82) is 0 Å². The second-order valence-electron chi connectivity index (χ2n) is 2.52. The highest BCUT2D eigenvalue weighted by Gasteiger charge is 2.18. The Morgan fingerprint density at radius 1 is 1.58 bits per heavy atom. The van der Waals surface area contributed by atoms with Crippen LogP contribution in [0.1, 0.15) is 18.3 Å². The maximum absolute atomic E-state index is 11.0. The molecule has 1 aromatic rings. The van der Waals surface area contributed by atoms with Crippen LogP contribution >= 0.6 is 0 Å². The highest BCUT2D eigenvalue weighted by molar-refractivity contribution is 7.89. The summed E-state index contributed by atoms with van der Waals surface area (Å²) in [6.45, 7) is 3.45. The van der Waals surface area contributed by atoms with E-state index in [0.717, 1.165) is 0 Å². The third-order valence-electron chi connectivity index (χ3n) is 1.58. The molecule has 1 rings (SSSR count). The van der Waals surface area contributed by atoms with Crippen LogP contribution in [-0.4, -0.2) is 18.6 Å². The molecular weight excluding hydrogens is 178 g/mol. The first-order valence-corrected chi connectivity index (χ1v) is 5.08. The van der Waals surface area contributed by atoms with Gasteiger partial charge in [-0.3, -0.25) is 5.10 Å². The van der Waals surface area contributed by atoms with Gasteiger partial charge < -0.3 is 0 Å². The molecule has 0 aromatic carbocycles. The number of aromatic amines is 1. The van der Waals surface area contributed by atoms with Crippen molar-refractivity contribution in [3.8, 4) is 0 Å². The fourth-order valence-corrected chi connectivity index (χ4v) is 2.08. The Labute approximate surface area is 71.0 Å². The number of hydrogen-bond donors (Lipinski definition) is 2. The van der Waals surface area contributed by atoms with Gasteiger partial charge >= 0.3 is 0 Å². The van der Waals surface area contributed by atoms with Gasteiger partial charge in [-0.15, -0.1) is 0 Å². The number of rotatable bonds is 2. The number of aromatic nitrogens is 2. The molecule has 0 fully saturated rings. The molecule has 1 aromatic heterocycles. The zero-order chi connectivity index (χ0) is 9.35. The van der Waals surface area contributed by atoms with Crippen molar-refractivity contribution in [1.82, 2.24) is 10.2 Å². The molecule has 1 heterocycles. The highest BCUT2D eigenvalue weighted by atomic mass is 32.2. The lowest BCUT2D eigenvalue weighted by molar-refractivity contribution is 0.596. The summed E-state index contributed by atoms with van der Waals surface area (Å²) in [6, 6.07) is 0. The molecule has 0 saturated carbocycles. The molecule has 0 atom stereocenters. The van der Waals surface area contributed by atoms with Crippen molar-refractivity contribution in [2.75, 3.05) is 0 Å². The average Bonchev–Trinajstić information content (AvgIpc) is 2.29. The zero-order valence-corrected chi connectivity index (χ0v) is 7.77. The molecule has 0 spiro atoms. The van der Waals surface area contributed by atoms with Crippen molar-refractivity contribution in [2.24, 2.45) is 5.14 Å². The molecule has 0 saturated heterocycles. The molecule has 0 aliphatic carbocycles. The van der Waals surface area contributed by atoms with E-state index in [9.17, 15) is 8.42 Å². The van der Waals surface area contributed by atoms with E-state index in [2.05, 4.69) is 10.2 Å². The predicted octanol–water partition coefficient (Wildman–Crippen LogP) is -0.0721. The highest BCUT2D eigenvalue weighted by Crippen LogP contribution is 2.15. The van der Waals surface area contributed by atoms with Gasteiger partial charge in [-0.1, -0.05) is 6.92 Å². The molecule has 0 radical (unpaired) electrons. The van der Waals surface area contributed by atoms with Crippen molar-refractivity contribution in [3.63, 3.8) is 0 Å². The molecule has 12 heavy (non-hydrogen) atoms. The molecule has 0 aliphatic rings. The minimum Gasteiger partial charge on any atom is -0.281 e. The third kappa shape index (κ3) is 1.49. The summed E-state index contributed by atoms with van der Waals surface area (Å²) >= 11 is 0. The average molecular weight is 189 g/mol. The van der Waals surface area contributed by atoms with Crippen LogP contribution in [0.4, 0.5) is 0 Å². The number of H-pyrrole nitrogens is 1. The zero-order valence-electron chi connectivity index (χ0n) is 6.96. The minimum atomic E-state index is -3.63. The molecule has 68 valence electrons. The smallest absolute Gasteiger partial charge is 0.241 e. The van der Waals surface area contributed by atoms with Gasteiger partial charge in [0.1, 0.15) is 4.90 Å². The first-order valence-electron chi connectivity index (χ1n) is 3.53. The number of nitrogens with zero attached hydrogens (tertiary/aromatic N) is 1. The number of hydrogen-bond acceptors (Lipinski definition) is 3. The Morgan fingerprint density at radius 2 is 2.17 bits per heavy atom.